The lowest BCUT2D eigenvalue weighted by Crippen LogP contribution is -2.05. The van der Waals surface area contributed by atoms with Crippen LogP contribution in [0.4, 0.5) is 5.69 Å². The average Bonchev–Trinajstić information content (AvgIpc) is 2.11. The first-order valence-corrected chi connectivity index (χ1v) is 4.87. The predicted molar refractivity (Wildman–Crippen MR) is 56.9 cm³/mol. The van der Waals surface area contributed by atoms with E-state index in [2.05, 4.69) is 15.9 Å². The van der Waals surface area contributed by atoms with Crippen LogP contribution in [0.3, 0.4) is 0 Å². The molecule has 80 valence electrons. The number of halogens is 1. The number of hydrogen-bond acceptors (Lipinski definition) is 3. The number of rotatable bonds is 3. The van der Waals surface area contributed by atoms with E-state index in [1.807, 2.05) is 0 Å². The van der Waals surface area contributed by atoms with E-state index >= 15 is 0 Å². The highest BCUT2D eigenvalue weighted by atomic mass is 79.9. The van der Waals surface area contributed by atoms with E-state index in [1.165, 1.54) is 12.1 Å². The van der Waals surface area contributed by atoms with Crippen molar-refractivity contribution >= 4 is 27.6 Å². The van der Waals surface area contributed by atoms with Gasteiger partial charge >= 0.3 is 5.97 Å². The van der Waals surface area contributed by atoms with Gasteiger partial charge in [0.1, 0.15) is 0 Å². The van der Waals surface area contributed by atoms with Gasteiger partial charge in [0.15, 0.2) is 0 Å². The minimum Gasteiger partial charge on any atom is -0.481 e. The van der Waals surface area contributed by atoms with Gasteiger partial charge in [0.25, 0.3) is 5.69 Å². The highest BCUT2D eigenvalue weighted by Gasteiger charge is 2.17. The molecule has 0 aliphatic carbocycles. The Hall–Kier alpha value is -1.43. The fourth-order valence-electron chi connectivity index (χ4n) is 1.28. The standard InChI is InChI=1S/C9H8BrNO4/c1-5-6(4-9(12)13)7(10)2-3-8(5)11(14)15/h2-3H,4H2,1H3,(H,12,13). The lowest BCUT2D eigenvalue weighted by atomic mass is 10.0. The maximum absolute atomic E-state index is 10.6. The zero-order chi connectivity index (χ0) is 11.6. The van der Waals surface area contributed by atoms with Crippen molar-refractivity contribution in [3.05, 3.63) is 37.8 Å². The third-order valence-electron chi connectivity index (χ3n) is 2.04. The summed E-state index contributed by atoms with van der Waals surface area (Å²) in [4.78, 5) is 20.7. The molecule has 0 unspecified atom stereocenters. The Morgan fingerprint density at radius 1 is 1.60 bits per heavy atom. The smallest absolute Gasteiger partial charge is 0.307 e. The molecule has 0 aromatic heterocycles. The van der Waals surface area contributed by atoms with Crippen molar-refractivity contribution in [2.45, 2.75) is 13.3 Å². The first-order valence-electron chi connectivity index (χ1n) is 4.07. The van der Waals surface area contributed by atoms with Crippen LogP contribution in [-0.2, 0) is 11.2 Å². The molecule has 0 aliphatic heterocycles. The molecule has 0 fully saturated rings. The van der Waals surface area contributed by atoms with Crippen molar-refractivity contribution in [3.63, 3.8) is 0 Å². The summed E-state index contributed by atoms with van der Waals surface area (Å²) < 4.78 is 0.577. The second-order valence-electron chi connectivity index (χ2n) is 3.00. The van der Waals surface area contributed by atoms with Gasteiger partial charge in [0.05, 0.1) is 11.3 Å². The first kappa shape index (κ1) is 11.6. The van der Waals surface area contributed by atoms with Crippen LogP contribution in [0, 0.1) is 17.0 Å². The number of carboxylic acids is 1. The molecule has 1 rings (SSSR count). The molecule has 0 amide bonds. The Labute approximate surface area is 94.0 Å². The van der Waals surface area contributed by atoms with Crippen LogP contribution in [0.15, 0.2) is 16.6 Å². The average molecular weight is 274 g/mol. The Morgan fingerprint density at radius 2 is 2.20 bits per heavy atom. The summed E-state index contributed by atoms with van der Waals surface area (Å²) in [6.07, 6.45) is -0.228. The molecule has 1 aromatic carbocycles. The van der Waals surface area contributed by atoms with Crippen molar-refractivity contribution < 1.29 is 14.8 Å². The van der Waals surface area contributed by atoms with Crippen LogP contribution in [0.5, 0.6) is 0 Å². The van der Waals surface area contributed by atoms with Gasteiger partial charge in [-0.15, -0.1) is 0 Å². The molecule has 6 heteroatoms. The number of carboxylic acid groups (broad SMARTS) is 1. The second-order valence-corrected chi connectivity index (χ2v) is 3.85. The maximum Gasteiger partial charge on any atom is 0.307 e. The van der Waals surface area contributed by atoms with E-state index in [9.17, 15) is 14.9 Å². The van der Waals surface area contributed by atoms with Gasteiger partial charge in [-0.05, 0) is 18.6 Å². The maximum atomic E-state index is 10.6. The van der Waals surface area contributed by atoms with Crippen molar-refractivity contribution in [2.75, 3.05) is 0 Å². The van der Waals surface area contributed by atoms with Crippen molar-refractivity contribution in [1.82, 2.24) is 0 Å². The minimum atomic E-state index is -1.01. The van der Waals surface area contributed by atoms with E-state index < -0.39 is 10.9 Å². The highest BCUT2D eigenvalue weighted by molar-refractivity contribution is 9.10. The van der Waals surface area contributed by atoms with Crippen molar-refractivity contribution in [3.8, 4) is 0 Å². The monoisotopic (exact) mass is 273 g/mol. The molecule has 15 heavy (non-hydrogen) atoms. The largest absolute Gasteiger partial charge is 0.481 e. The molecule has 0 heterocycles. The molecule has 0 radical (unpaired) electrons. The molecule has 0 saturated heterocycles. The quantitative estimate of drug-likeness (QED) is 0.677. The normalized spacial score (nSPS) is 10.0. The second kappa shape index (κ2) is 4.39. The van der Waals surface area contributed by atoms with Gasteiger partial charge in [-0.25, -0.2) is 0 Å². The van der Waals surface area contributed by atoms with Gasteiger partial charge in [-0.2, -0.15) is 0 Å². The summed E-state index contributed by atoms with van der Waals surface area (Å²) in [6, 6.07) is 2.84. The predicted octanol–water partition coefficient (Wildman–Crippen LogP) is 2.29. The van der Waals surface area contributed by atoms with Gasteiger partial charge in [0, 0.05) is 16.1 Å². The van der Waals surface area contributed by atoms with Gasteiger partial charge in [-0.3, -0.25) is 14.9 Å². The topological polar surface area (TPSA) is 80.4 Å². The van der Waals surface area contributed by atoms with E-state index in [4.69, 9.17) is 5.11 Å². The van der Waals surface area contributed by atoms with Gasteiger partial charge < -0.3 is 5.11 Å². The first-order chi connectivity index (χ1) is 6.93. The zero-order valence-electron chi connectivity index (χ0n) is 7.86. The summed E-state index contributed by atoms with van der Waals surface area (Å²) in [6.45, 7) is 1.54. The fraction of sp³-hybridized carbons (Fsp3) is 0.222. The van der Waals surface area contributed by atoms with E-state index in [1.54, 1.807) is 6.92 Å². The molecule has 1 N–H and O–H groups in total. The molecule has 0 aliphatic rings. The molecule has 0 saturated carbocycles. The lowest BCUT2D eigenvalue weighted by molar-refractivity contribution is -0.385. The van der Waals surface area contributed by atoms with Gasteiger partial charge in [-0.1, -0.05) is 15.9 Å². The van der Waals surface area contributed by atoms with Crippen molar-refractivity contribution in [2.24, 2.45) is 0 Å². The van der Waals surface area contributed by atoms with Crippen molar-refractivity contribution in [1.29, 1.82) is 0 Å². The van der Waals surface area contributed by atoms with E-state index in [0.29, 0.717) is 15.6 Å². The van der Waals surface area contributed by atoms with E-state index in [0.717, 1.165) is 0 Å². The third-order valence-corrected chi connectivity index (χ3v) is 2.78. The summed E-state index contributed by atoms with van der Waals surface area (Å²) in [5, 5.41) is 19.3. The van der Waals surface area contributed by atoms with Crippen LogP contribution >= 0.6 is 15.9 Å². The fourth-order valence-corrected chi connectivity index (χ4v) is 1.85. The number of hydrogen-bond donors (Lipinski definition) is 1. The lowest BCUT2D eigenvalue weighted by Gasteiger charge is -2.06. The van der Waals surface area contributed by atoms with Gasteiger partial charge in [0.2, 0.25) is 0 Å². The van der Waals surface area contributed by atoms with Crippen LogP contribution in [0.2, 0.25) is 0 Å². The number of nitrogens with zero attached hydrogens (tertiary/aromatic N) is 1. The Balaban J connectivity index is 3.29. The number of nitro benzene ring substituents is 1. The molecule has 5 nitrogen and oxygen atoms in total. The molecule has 1 aromatic rings. The van der Waals surface area contributed by atoms with E-state index in [-0.39, 0.29) is 12.1 Å². The number of carbonyl (C=O) groups is 1. The highest BCUT2D eigenvalue weighted by Crippen LogP contribution is 2.28. The van der Waals surface area contributed by atoms with Crippen LogP contribution in [0.25, 0.3) is 0 Å². The zero-order valence-corrected chi connectivity index (χ0v) is 9.44. The number of aliphatic carboxylic acids is 1. The molecule has 0 bridgehead atoms. The third kappa shape index (κ3) is 2.53. The molecular formula is C9H8BrNO4. The molecular weight excluding hydrogens is 266 g/mol. The number of benzene rings is 1. The molecule has 0 atom stereocenters. The van der Waals surface area contributed by atoms with Crippen LogP contribution in [0.1, 0.15) is 11.1 Å². The number of nitro groups is 1. The summed E-state index contributed by atoms with van der Waals surface area (Å²) >= 11 is 3.17. The summed E-state index contributed by atoms with van der Waals surface area (Å²) in [5.41, 5.74) is 0.767. The Bertz CT molecular complexity index is 430. The van der Waals surface area contributed by atoms with Crippen LogP contribution < -0.4 is 0 Å². The Morgan fingerprint density at radius 3 is 2.67 bits per heavy atom. The summed E-state index contributed by atoms with van der Waals surface area (Å²) in [5.74, 6) is -1.01. The molecule has 0 spiro atoms. The minimum absolute atomic E-state index is 0.0607. The SMILES string of the molecule is Cc1c([N+](=O)[O-])ccc(Br)c1CC(=O)O. The summed E-state index contributed by atoms with van der Waals surface area (Å²) in [7, 11) is 0. The van der Waals surface area contributed by atoms with Crippen LogP contribution in [-0.4, -0.2) is 16.0 Å². The Kier molecular flexibility index (Phi) is 3.41.